The molecule has 0 bridgehead atoms. The number of anilines is 5. The minimum atomic E-state index is -4.10. The summed E-state index contributed by atoms with van der Waals surface area (Å²) in [5, 5.41) is 24.7. The number of carbonyl (C=O) groups excluding carboxylic acids is 3. The summed E-state index contributed by atoms with van der Waals surface area (Å²) in [5.74, 6) is -2.60. The number of nitrogens with zero attached hydrogens (tertiary/aromatic N) is 6. The number of primary sulfonamides is 1. The molecule has 3 saturated heterocycles. The number of hydrogen-bond donors (Lipinski definition) is 5. The SMILES string of the molecule is CCC(c1cccc(-c2nc(C(C)(C)C)sc2-c2ccnc(Nc3ccc(N4CCN(C(=O)CC5(O)CCN(c6ccc(NC7CCC(=O)NC7=O)cc6F)CC5)CC4)c(F)c3)n2)c1F)S(N)(=O)=O. The quantitative estimate of drug-likeness (QED) is 0.0773. The first-order chi connectivity index (χ1) is 32.7. The Morgan fingerprint density at radius 3 is 2.22 bits per heavy atom. The van der Waals surface area contributed by atoms with Crippen molar-refractivity contribution in [2.75, 3.05) is 59.7 Å². The average Bonchev–Trinajstić information content (AvgIpc) is 3.75. The van der Waals surface area contributed by atoms with Crippen molar-refractivity contribution < 1.29 is 41.1 Å². The maximum Gasteiger partial charge on any atom is 0.249 e. The molecule has 69 heavy (non-hydrogen) atoms. The van der Waals surface area contributed by atoms with Gasteiger partial charge < -0.3 is 30.4 Å². The van der Waals surface area contributed by atoms with Gasteiger partial charge in [-0.05, 0) is 74.2 Å². The number of thiazole rings is 1. The molecule has 5 aromatic rings. The minimum absolute atomic E-state index is 0.0476. The van der Waals surface area contributed by atoms with E-state index in [1.54, 1.807) is 54.3 Å². The lowest BCUT2D eigenvalue weighted by molar-refractivity contribution is -0.138. The van der Waals surface area contributed by atoms with Crippen molar-refractivity contribution in [2.24, 2.45) is 5.14 Å². The summed E-state index contributed by atoms with van der Waals surface area (Å²) < 4.78 is 72.2. The molecule has 16 nitrogen and oxygen atoms in total. The van der Waals surface area contributed by atoms with Crippen molar-refractivity contribution in [3.63, 3.8) is 0 Å². The molecule has 8 rings (SSSR count). The van der Waals surface area contributed by atoms with Crippen molar-refractivity contribution in [3.05, 3.63) is 94.9 Å². The number of amides is 3. The molecular formula is C48H55F3N10O6S2. The molecule has 6 N–H and O–H groups in total. The fourth-order valence-corrected chi connectivity index (χ4v) is 11.0. The normalized spacial score (nSPS) is 18.2. The number of halogens is 3. The number of piperazine rings is 1. The van der Waals surface area contributed by atoms with Crippen LogP contribution in [0.5, 0.6) is 0 Å². The van der Waals surface area contributed by atoms with Crippen molar-refractivity contribution in [3.8, 4) is 21.8 Å². The van der Waals surface area contributed by atoms with Gasteiger partial charge in [0.2, 0.25) is 33.7 Å². The second kappa shape index (κ2) is 19.7. The van der Waals surface area contributed by atoms with E-state index in [-0.39, 0.29) is 66.7 Å². The highest BCUT2D eigenvalue weighted by Gasteiger charge is 2.38. The number of carbonyl (C=O) groups is 3. The Labute approximate surface area is 402 Å². The Hall–Kier alpha value is -6.16. The van der Waals surface area contributed by atoms with Crippen LogP contribution in [0.4, 0.5) is 41.9 Å². The number of piperidine rings is 2. The Morgan fingerprint density at radius 2 is 1.59 bits per heavy atom. The molecule has 3 aliphatic heterocycles. The lowest BCUT2D eigenvalue weighted by atomic mass is 9.87. The summed E-state index contributed by atoms with van der Waals surface area (Å²) in [4.78, 5) is 56.8. The van der Waals surface area contributed by atoms with E-state index in [0.29, 0.717) is 84.0 Å². The molecule has 2 aromatic heterocycles. The van der Waals surface area contributed by atoms with Crippen LogP contribution >= 0.6 is 11.3 Å². The van der Waals surface area contributed by atoms with Crippen LogP contribution in [-0.2, 0) is 29.8 Å². The van der Waals surface area contributed by atoms with Crippen LogP contribution in [0.15, 0.2) is 66.9 Å². The molecule has 3 amide bonds. The average molecular weight is 989 g/mol. The largest absolute Gasteiger partial charge is 0.389 e. The van der Waals surface area contributed by atoms with Crippen molar-refractivity contribution in [1.29, 1.82) is 0 Å². The lowest BCUT2D eigenvalue weighted by Gasteiger charge is -2.41. The van der Waals surface area contributed by atoms with E-state index in [1.807, 2.05) is 30.6 Å². The number of nitrogens with two attached hydrogens (primary N) is 1. The van der Waals surface area contributed by atoms with Crippen LogP contribution in [0.1, 0.15) is 82.0 Å². The van der Waals surface area contributed by atoms with Gasteiger partial charge in [0.1, 0.15) is 28.7 Å². The van der Waals surface area contributed by atoms with Gasteiger partial charge in [0.05, 0.1) is 44.7 Å². The van der Waals surface area contributed by atoms with E-state index >= 15 is 13.2 Å². The Balaban J connectivity index is 0.872. The van der Waals surface area contributed by atoms with E-state index in [2.05, 4.69) is 20.9 Å². The number of rotatable bonds is 13. The predicted octanol–water partition coefficient (Wildman–Crippen LogP) is 6.75. The third-order valence-electron chi connectivity index (χ3n) is 12.8. The number of aromatic nitrogens is 3. The van der Waals surface area contributed by atoms with Gasteiger partial charge in [-0.25, -0.2) is 41.7 Å². The summed E-state index contributed by atoms with van der Waals surface area (Å²) in [6, 6.07) is 14.8. The van der Waals surface area contributed by atoms with Gasteiger partial charge in [-0.15, -0.1) is 11.3 Å². The highest BCUT2D eigenvalue weighted by atomic mass is 32.2. The summed E-state index contributed by atoms with van der Waals surface area (Å²) in [5.41, 5.74) is 0.540. The molecule has 3 aliphatic rings. The van der Waals surface area contributed by atoms with Gasteiger partial charge in [-0.3, -0.25) is 19.7 Å². The third kappa shape index (κ3) is 11.0. The van der Waals surface area contributed by atoms with Crippen LogP contribution in [0.2, 0.25) is 0 Å². The molecule has 366 valence electrons. The van der Waals surface area contributed by atoms with Crippen LogP contribution in [0, 0.1) is 17.5 Å². The molecular weight excluding hydrogens is 934 g/mol. The Kier molecular flexibility index (Phi) is 14.1. The number of benzene rings is 3. The topological polar surface area (TPSA) is 216 Å². The van der Waals surface area contributed by atoms with E-state index in [0.717, 1.165) is 0 Å². The summed E-state index contributed by atoms with van der Waals surface area (Å²) in [6.45, 7) is 9.57. The maximum absolute atomic E-state index is 16.3. The van der Waals surface area contributed by atoms with Gasteiger partial charge in [0.25, 0.3) is 0 Å². The number of nitrogens with one attached hydrogen (secondary N) is 3. The molecule has 5 heterocycles. The van der Waals surface area contributed by atoms with E-state index in [9.17, 15) is 27.9 Å². The fourth-order valence-electron chi connectivity index (χ4n) is 8.94. The van der Waals surface area contributed by atoms with Crippen molar-refractivity contribution >= 4 is 67.8 Å². The summed E-state index contributed by atoms with van der Waals surface area (Å²) in [7, 11) is -4.10. The zero-order valence-electron chi connectivity index (χ0n) is 38.7. The molecule has 2 atom stereocenters. The van der Waals surface area contributed by atoms with E-state index in [4.69, 9.17) is 15.1 Å². The van der Waals surface area contributed by atoms with Gasteiger partial charge in [0, 0.05) is 79.8 Å². The van der Waals surface area contributed by atoms with Crippen LogP contribution in [0.25, 0.3) is 21.8 Å². The highest BCUT2D eigenvalue weighted by Crippen LogP contribution is 2.43. The Morgan fingerprint density at radius 1 is 0.942 bits per heavy atom. The third-order valence-corrected chi connectivity index (χ3v) is 15.7. The lowest BCUT2D eigenvalue weighted by Crippen LogP contribution is -2.52. The van der Waals surface area contributed by atoms with Crippen LogP contribution in [0.3, 0.4) is 0 Å². The number of aliphatic hydroxyl groups is 1. The summed E-state index contributed by atoms with van der Waals surface area (Å²) >= 11 is 1.33. The van der Waals surface area contributed by atoms with Crippen molar-refractivity contribution in [2.45, 2.75) is 88.5 Å². The van der Waals surface area contributed by atoms with Crippen molar-refractivity contribution in [1.82, 2.24) is 25.2 Å². The standard InChI is InChI=1S/C48H55F3N10O6S2/c1-5-38(69(52,66)67)30-7-6-8-31(41(30)51)42-43(68-45(58-42)47(2,3)4)34-15-18-53-46(56-34)55-29-10-13-37(33(50)26-29)60-21-23-61(24-22-60)40(63)27-48(65)16-19-59(20-17-48)36-12-9-28(25-32(36)49)54-35-11-14-39(62)57-44(35)64/h6-10,12-13,15,18,25-26,35,38,54,65H,5,11,14,16-17,19-24,27H2,1-4H3,(H2,52,66,67)(H,53,55,56)(H,57,62,64). The molecule has 3 fully saturated rings. The summed E-state index contributed by atoms with van der Waals surface area (Å²) in [6.07, 6.45) is 2.51. The zero-order chi connectivity index (χ0) is 49.4. The smallest absolute Gasteiger partial charge is 0.249 e. The molecule has 3 aromatic carbocycles. The zero-order valence-corrected chi connectivity index (χ0v) is 40.3. The molecule has 0 saturated carbocycles. The second-order valence-corrected chi connectivity index (χ2v) is 21.5. The van der Waals surface area contributed by atoms with E-state index < -0.39 is 55.7 Å². The highest BCUT2D eigenvalue weighted by molar-refractivity contribution is 7.89. The van der Waals surface area contributed by atoms with Gasteiger partial charge in [-0.1, -0.05) is 39.8 Å². The number of sulfonamides is 1. The molecule has 21 heteroatoms. The second-order valence-electron chi connectivity index (χ2n) is 18.8. The first kappa shape index (κ1) is 49.3. The molecule has 2 unspecified atom stereocenters. The van der Waals surface area contributed by atoms with Crippen LogP contribution < -0.4 is 30.9 Å². The van der Waals surface area contributed by atoms with E-state index in [1.165, 1.54) is 35.7 Å². The maximum atomic E-state index is 16.3. The minimum Gasteiger partial charge on any atom is -0.389 e. The Bertz CT molecular complexity index is 2880. The first-order valence-electron chi connectivity index (χ1n) is 22.8. The molecule has 0 radical (unpaired) electrons. The predicted molar refractivity (Wildman–Crippen MR) is 259 cm³/mol. The fraction of sp³-hybridized carbons (Fsp3) is 0.417. The van der Waals surface area contributed by atoms with Gasteiger partial charge in [0.15, 0.2) is 0 Å². The van der Waals surface area contributed by atoms with Gasteiger partial charge in [-0.2, -0.15) is 0 Å². The monoisotopic (exact) mass is 988 g/mol. The molecule has 0 spiro atoms. The van der Waals surface area contributed by atoms with Crippen LogP contribution in [-0.4, -0.2) is 102 Å². The number of hydrogen-bond acceptors (Lipinski definition) is 14. The number of imide groups is 1. The van der Waals surface area contributed by atoms with Gasteiger partial charge >= 0.3 is 0 Å². The first-order valence-corrected chi connectivity index (χ1v) is 25.2. The molecule has 0 aliphatic carbocycles.